The topological polar surface area (TPSA) is 53.1 Å². The van der Waals surface area contributed by atoms with Crippen molar-refractivity contribution in [3.05, 3.63) is 17.5 Å². The molecule has 2 rings (SSSR count). The van der Waals surface area contributed by atoms with Gasteiger partial charge in [0, 0.05) is 37.6 Å². The minimum absolute atomic E-state index is 0.583. The molecule has 1 aromatic rings. The standard InChI is InChI=1S/C11H19N3O/c1-9-11(6-12)7-13-14(9)8-10-2-4-15-5-3-10/h7,10H,2-6,8,12H2,1H3. The average Bonchev–Trinajstić information content (AvgIpc) is 2.62. The Hall–Kier alpha value is -0.870. The fraction of sp³-hybridized carbons (Fsp3) is 0.727. The van der Waals surface area contributed by atoms with Gasteiger partial charge in [-0.3, -0.25) is 4.68 Å². The van der Waals surface area contributed by atoms with Crippen LogP contribution in [0.15, 0.2) is 6.20 Å². The Morgan fingerprint density at radius 3 is 2.87 bits per heavy atom. The van der Waals surface area contributed by atoms with Crippen molar-refractivity contribution in [2.45, 2.75) is 32.9 Å². The molecule has 1 fully saturated rings. The molecule has 1 aliphatic heterocycles. The van der Waals surface area contributed by atoms with Crippen LogP contribution in [0.4, 0.5) is 0 Å². The molecule has 0 radical (unpaired) electrons. The lowest BCUT2D eigenvalue weighted by atomic mass is 10.0. The first-order valence-corrected chi connectivity index (χ1v) is 5.60. The molecule has 4 heteroatoms. The molecular weight excluding hydrogens is 190 g/mol. The van der Waals surface area contributed by atoms with Gasteiger partial charge in [-0.05, 0) is 25.7 Å². The molecule has 1 aliphatic rings. The average molecular weight is 209 g/mol. The van der Waals surface area contributed by atoms with Crippen LogP contribution in [-0.2, 0) is 17.8 Å². The van der Waals surface area contributed by atoms with Gasteiger partial charge in [-0.25, -0.2) is 0 Å². The zero-order valence-electron chi connectivity index (χ0n) is 9.28. The fourth-order valence-electron chi connectivity index (χ4n) is 2.04. The molecule has 1 aromatic heterocycles. The second-order valence-electron chi connectivity index (χ2n) is 4.20. The summed E-state index contributed by atoms with van der Waals surface area (Å²) in [5, 5.41) is 4.38. The highest BCUT2D eigenvalue weighted by atomic mass is 16.5. The van der Waals surface area contributed by atoms with Crippen molar-refractivity contribution in [2.24, 2.45) is 11.7 Å². The monoisotopic (exact) mass is 209 g/mol. The Morgan fingerprint density at radius 2 is 2.27 bits per heavy atom. The summed E-state index contributed by atoms with van der Waals surface area (Å²) in [5.41, 5.74) is 7.99. The Kier molecular flexibility index (Phi) is 3.38. The summed E-state index contributed by atoms with van der Waals surface area (Å²) in [4.78, 5) is 0. The minimum atomic E-state index is 0.583. The van der Waals surface area contributed by atoms with E-state index in [4.69, 9.17) is 10.5 Å². The van der Waals surface area contributed by atoms with Gasteiger partial charge in [-0.1, -0.05) is 0 Å². The van der Waals surface area contributed by atoms with Crippen LogP contribution in [0.5, 0.6) is 0 Å². The number of nitrogens with two attached hydrogens (primary N) is 1. The van der Waals surface area contributed by atoms with Gasteiger partial charge in [0.1, 0.15) is 0 Å². The van der Waals surface area contributed by atoms with Crippen LogP contribution >= 0.6 is 0 Å². The van der Waals surface area contributed by atoms with E-state index in [-0.39, 0.29) is 0 Å². The third-order valence-corrected chi connectivity index (χ3v) is 3.20. The van der Waals surface area contributed by atoms with Crippen LogP contribution in [0.3, 0.4) is 0 Å². The van der Waals surface area contributed by atoms with Gasteiger partial charge in [-0.15, -0.1) is 0 Å². The van der Waals surface area contributed by atoms with Crippen molar-refractivity contribution in [2.75, 3.05) is 13.2 Å². The summed E-state index contributed by atoms with van der Waals surface area (Å²) < 4.78 is 7.43. The SMILES string of the molecule is Cc1c(CN)cnn1CC1CCOCC1. The van der Waals surface area contributed by atoms with E-state index in [1.54, 1.807) is 0 Å². The maximum Gasteiger partial charge on any atom is 0.0537 e. The minimum Gasteiger partial charge on any atom is -0.381 e. The molecule has 84 valence electrons. The second-order valence-corrected chi connectivity index (χ2v) is 4.20. The predicted molar refractivity (Wildman–Crippen MR) is 58.4 cm³/mol. The number of rotatable bonds is 3. The van der Waals surface area contributed by atoms with Crippen molar-refractivity contribution in [3.8, 4) is 0 Å². The van der Waals surface area contributed by atoms with Gasteiger partial charge in [0.2, 0.25) is 0 Å². The molecule has 0 saturated carbocycles. The highest BCUT2D eigenvalue weighted by Crippen LogP contribution is 2.18. The second kappa shape index (κ2) is 4.77. The molecule has 0 amide bonds. The first kappa shape index (κ1) is 10.6. The summed E-state index contributed by atoms with van der Waals surface area (Å²) in [5.74, 6) is 0.711. The highest BCUT2D eigenvalue weighted by molar-refractivity contribution is 5.15. The zero-order valence-corrected chi connectivity index (χ0v) is 9.28. The predicted octanol–water partition coefficient (Wildman–Crippen LogP) is 1.08. The summed E-state index contributed by atoms with van der Waals surface area (Å²) in [6, 6.07) is 0. The normalized spacial score (nSPS) is 18.3. The first-order valence-electron chi connectivity index (χ1n) is 5.60. The maximum absolute atomic E-state index is 5.62. The van der Waals surface area contributed by atoms with E-state index < -0.39 is 0 Å². The van der Waals surface area contributed by atoms with Crippen molar-refractivity contribution in [1.29, 1.82) is 0 Å². The van der Waals surface area contributed by atoms with E-state index in [1.165, 1.54) is 5.69 Å². The van der Waals surface area contributed by atoms with Crippen molar-refractivity contribution in [1.82, 2.24) is 9.78 Å². The molecule has 0 aliphatic carbocycles. The van der Waals surface area contributed by atoms with Crippen LogP contribution in [0.25, 0.3) is 0 Å². The molecule has 0 bridgehead atoms. The quantitative estimate of drug-likeness (QED) is 0.810. The molecule has 4 nitrogen and oxygen atoms in total. The fourth-order valence-corrected chi connectivity index (χ4v) is 2.04. The van der Waals surface area contributed by atoms with E-state index in [0.29, 0.717) is 12.5 Å². The summed E-state index contributed by atoms with van der Waals surface area (Å²) in [6.07, 6.45) is 4.18. The molecule has 0 atom stereocenters. The number of nitrogens with zero attached hydrogens (tertiary/aromatic N) is 2. The molecule has 2 N–H and O–H groups in total. The van der Waals surface area contributed by atoms with Crippen LogP contribution < -0.4 is 5.73 Å². The maximum atomic E-state index is 5.62. The molecule has 1 saturated heterocycles. The van der Waals surface area contributed by atoms with E-state index in [2.05, 4.69) is 16.7 Å². The number of hydrogen-bond acceptors (Lipinski definition) is 3. The third kappa shape index (κ3) is 2.38. The van der Waals surface area contributed by atoms with Crippen LogP contribution in [0.1, 0.15) is 24.1 Å². The molecule has 2 heterocycles. The van der Waals surface area contributed by atoms with E-state index in [9.17, 15) is 0 Å². The molecule has 0 aromatic carbocycles. The number of hydrogen-bond donors (Lipinski definition) is 1. The van der Waals surface area contributed by atoms with E-state index >= 15 is 0 Å². The first-order chi connectivity index (χ1) is 7.31. The third-order valence-electron chi connectivity index (χ3n) is 3.20. The van der Waals surface area contributed by atoms with Gasteiger partial charge >= 0.3 is 0 Å². The van der Waals surface area contributed by atoms with Gasteiger partial charge in [-0.2, -0.15) is 5.10 Å². The molecule has 0 spiro atoms. The molecule has 15 heavy (non-hydrogen) atoms. The summed E-state index contributed by atoms with van der Waals surface area (Å²) in [7, 11) is 0. The molecule has 0 unspecified atom stereocenters. The smallest absolute Gasteiger partial charge is 0.0537 e. The van der Waals surface area contributed by atoms with Gasteiger partial charge in [0.25, 0.3) is 0 Å². The lowest BCUT2D eigenvalue weighted by Gasteiger charge is -2.22. The number of aromatic nitrogens is 2. The van der Waals surface area contributed by atoms with Crippen LogP contribution in [0.2, 0.25) is 0 Å². The lowest BCUT2D eigenvalue weighted by Crippen LogP contribution is -2.21. The van der Waals surface area contributed by atoms with Crippen LogP contribution in [0, 0.1) is 12.8 Å². The van der Waals surface area contributed by atoms with Gasteiger partial charge in [0.05, 0.1) is 6.20 Å². The van der Waals surface area contributed by atoms with Crippen molar-refractivity contribution in [3.63, 3.8) is 0 Å². The van der Waals surface area contributed by atoms with Gasteiger partial charge < -0.3 is 10.5 Å². The van der Waals surface area contributed by atoms with Gasteiger partial charge in [0.15, 0.2) is 0 Å². The van der Waals surface area contributed by atoms with E-state index in [1.807, 2.05) is 6.20 Å². The van der Waals surface area contributed by atoms with E-state index in [0.717, 1.165) is 38.2 Å². The Labute approximate surface area is 90.4 Å². The molecular formula is C11H19N3O. The van der Waals surface area contributed by atoms with Crippen LogP contribution in [-0.4, -0.2) is 23.0 Å². The highest BCUT2D eigenvalue weighted by Gasteiger charge is 2.16. The Morgan fingerprint density at radius 1 is 1.53 bits per heavy atom. The zero-order chi connectivity index (χ0) is 10.7. The lowest BCUT2D eigenvalue weighted by molar-refractivity contribution is 0.0599. The summed E-state index contributed by atoms with van der Waals surface area (Å²) >= 11 is 0. The number of ether oxygens (including phenoxy) is 1. The van der Waals surface area contributed by atoms with Crippen molar-refractivity contribution < 1.29 is 4.74 Å². The van der Waals surface area contributed by atoms with Crippen molar-refractivity contribution >= 4 is 0 Å². The Balaban J connectivity index is 2.00. The Bertz CT molecular complexity index is 316. The summed E-state index contributed by atoms with van der Waals surface area (Å²) in [6.45, 7) is 5.48. The largest absolute Gasteiger partial charge is 0.381 e.